The molecule has 1 N–H and O–H groups in total. The van der Waals surface area contributed by atoms with Crippen LogP contribution < -0.4 is 0 Å². The van der Waals surface area contributed by atoms with Crippen LogP contribution in [0.25, 0.3) is 0 Å². The van der Waals surface area contributed by atoms with Crippen LogP contribution in [0.1, 0.15) is 15.9 Å². The van der Waals surface area contributed by atoms with Crippen LogP contribution in [0.2, 0.25) is 0 Å². The van der Waals surface area contributed by atoms with Gasteiger partial charge in [0.15, 0.2) is 9.84 Å². The summed E-state index contributed by atoms with van der Waals surface area (Å²) in [5, 5.41) is 9.18. The average Bonchev–Trinajstić information content (AvgIpc) is 2.85. The van der Waals surface area contributed by atoms with Crippen molar-refractivity contribution in [2.24, 2.45) is 0 Å². The summed E-state index contributed by atoms with van der Waals surface area (Å²) in [5.74, 6) is -0.912. The molecule has 2 heterocycles. The molecule has 6 nitrogen and oxygen atoms in total. The normalized spacial score (nSPS) is 26.4. The number of rotatable bonds is 3. The number of carbonyl (C=O) groups excluding carboxylic acids is 1. The zero-order valence-electron chi connectivity index (χ0n) is 13.5. The lowest BCUT2D eigenvalue weighted by molar-refractivity contribution is 0.0280. The Hall–Kier alpha value is -1.51. The first-order valence-electron chi connectivity index (χ1n) is 7.95. The van der Waals surface area contributed by atoms with Gasteiger partial charge in [0.2, 0.25) is 0 Å². The monoisotopic (exact) mass is 356 g/mol. The fraction of sp³-hybridized carbons (Fsp3) is 0.562. The number of amides is 1. The number of piperazine rings is 1. The van der Waals surface area contributed by atoms with Gasteiger partial charge in [0.25, 0.3) is 5.91 Å². The van der Waals surface area contributed by atoms with Gasteiger partial charge in [-0.05, 0) is 24.6 Å². The van der Waals surface area contributed by atoms with Crippen LogP contribution in [0, 0.1) is 12.7 Å². The number of fused-ring (bicyclic) bond motifs is 1. The third-order valence-electron chi connectivity index (χ3n) is 4.87. The molecule has 2 aliphatic heterocycles. The second-order valence-electron chi connectivity index (χ2n) is 6.43. The highest BCUT2D eigenvalue weighted by Gasteiger charge is 2.48. The molecule has 0 aliphatic carbocycles. The first kappa shape index (κ1) is 17.3. The highest BCUT2D eigenvalue weighted by Crippen LogP contribution is 2.28. The summed E-state index contributed by atoms with van der Waals surface area (Å²) in [6.45, 7) is 2.93. The molecule has 2 aliphatic rings. The lowest BCUT2D eigenvalue weighted by atomic mass is 10.0. The molecule has 2 saturated heterocycles. The van der Waals surface area contributed by atoms with Crippen LogP contribution in [0.15, 0.2) is 18.2 Å². The fourth-order valence-electron chi connectivity index (χ4n) is 3.66. The number of hydrogen-bond acceptors (Lipinski definition) is 5. The first-order chi connectivity index (χ1) is 11.3. The first-order valence-corrected chi connectivity index (χ1v) is 9.77. The summed E-state index contributed by atoms with van der Waals surface area (Å²) < 4.78 is 37.7. The Morgan fingerprint density at radius 2 is 2.00 bits per heavy atom. The van der Waals surface area contributed by atoms with Crippen molar-refractivity contribution in [2.75, 3.05) is 37.7 Å². The zero-order valence-corrected chi connectivity index (χ0v) is 14.3. The number of β-amino-alcohol motifs (C(OH)–C–C–N with tert-alkyl or cyclic N) is 1. The van der Waals surface area contributed by atoms with Crippen LogP contribution in [-0.4, -0.2) is 79.1 Å². The minimum absolute atomic E-state index is 0.0103. The molecule has 0 aromatic heterocycles. The van der Waals surface area contributed by atoms with Crippen LogP contribution in [0.3, 0.4) is 0 Å². The Balaban J connectivity index is 1.91. The number of sulfone groups is 1. The summed E-state index contributed by atoms with van der Waals surface area (Å²) >= 11 is 0. The number of halogens is 1. The summed E-state index contributed by atoms with van der Waals surface area (Å²) in [6, 6.07) is 3.29. The summed E-state index contributed by atoms with van der Waals surface area (Å²) in [4.78, 5) is 16.4. The van der Waals surface area contributed by atoms with Gasteiger partial charge in [-0.3, -0.25) is 9.69 Å². The minimum Gasteiger partial charge on any atom is -0.395 e. The van der Waals surface area contributed by atoms with E-state index in [2.05, 4.69) is 0 Å². The van der Waals surface area contributed by atoms with Gasteiger partial charge in [-0.2, -0.15) is 0 Å². The summed E-state index contributed by atoms with van der Waals surface area (Å²) in [6.07, 6.45) is 0. The number of aryl methyl sites for hydroxylation is 1. The molecule has 132 valence electrons. The van der Waals surface area contributed by atoms with Crippen molar-refractivity contribution in [3.63, 3.8) is 0 Å². The maximum Gasteiger partial charge on any atom is 0.254 e. The van der Waals surface area contributed by atoms with E-state index in [4.69, 9.17) is 0 Å². The quantitative estimate of drug-likeness (QED) is 0.828. The number of nitrogens with zero attached hydrogens (tertiary/aromatic N) is 2. The summed E-state index contributed by atoms with van der Waals surface area (Å²) in [7, 11) is -3.24. The van der Waals surface area contributed by atoms with Gasteiger partial charge in [0.05, 0.1) is 24.2 Å². The molecule has 2 atom stereocenters. The lowest BCUT2D eigenvalue weighted by Gasteiger charge is -2.43. The fourth-order valence-corrected chi connectivity index (χ4v) is 5.67. The number of carbonyl (C=O) groups is 1. The number of aliphatic hydroxyl groups excluding tert-OH is 1. The molecule has 1 aromatic rings. The number of aliphatic hydroxyl groups is 1. The van der Waals surface area contributed by atoms with Crippen molar-refractivity contribution in [2.45, 2.75) is 19.0 Å². The molecule has 8 heteroatoms. The molecule has 1 aromatic carbocycles. The van der Waals surface area contributed by atoms with Gasteiger partial charge >= 0.3 is 0 Å². The Morgan fingerprint density at radius 1 is 1.29 bits per heavy atom. The van der Waals surface area contributed by atoms with Crippen molar-refractivity contribution in [3.8, 4) is 0 Å². The number of hydrogen-bond donors (Lipinski definition) is 1. The number of benzene rings is 1. The van der Waals surface area contributed by atoms with Crippen LogP contribution in [0.4, 0.5) is 4.39 Å². The van der Waals surface area contributed by atoms with Gasteiger partial charge < -0.3 is 10.0 Å². The molecule has 2 fully saturated rings. The molecular weight excluding hydrogens is 335 g/mol. The topological polar surface area (TPSA) is 77.9 Å². The maximum atomic E-state index is 13.5. The third-order valence-corrected chi connectivity index (χ3v) is 6.57. The van der Waals surface area contributed by atoms with Gasteiger partial charge in [-0.15, -0.1) is 0 Å². The molecule has 0 saturated carbocycles. The molecule has 24 heavy (non-hydrogen) atoms. The van der Waals surface area contributed by atoms with Crippen LogP contribution in [0.5, 0.6) is 0 Å². The van der Waals surface area contributed by atoms with Crippen LogP contribution >= 0.6 is 0 Å². The average molecular weight is 356 g/mol. The van der Waals surface area contributed by atoms with E-state index >= 15 is 0 Å². The van der Waals surface area contributed by atoms with Crippen LogP contribution in [-0.2, 0) is 9.84 Å². The third kappa shape index (κ3) is 3.18. The van der Waals surface area contributed by atoms with E-state index in [9.17, 15) is 22.7 Å². The van der Waals surface area contributed by atoms with Crippen molar-refractivity contribution < 1.29 is 22.7 Å². The van der Waals surface area contributed by atoms with E-state index in [1.165, 1.54) is 12.1 Å². The van der Waals surface area contributed by atoms with Crippen molar-refractivity contribution >= 4 is 15.7 Å². The second kappa shape index (κ2) is 6.42. The van der Waals surface area contributed by atoms with Gasteiger partial charge in [-0.1, -0.05) is 6.07 Å². The Bertz CT molecular complexity index is 752. The smallest absolute Gasteiger partial charge is 0.254 e. The molecular formula is C16H21FN2O4S. The van der Waals surface area contributed by atoms with E-state index in [0.717, 1.165) is 0 Å². The predicted octanol–water partition coefficient (Wildman–Crippen LogP) is 0.0498. The zero-order chi connectivity index (χ0) is 17.5. The van der Waals surface area contributed by atoms with Gasteiger partial charge in [0.1, 0.15) is 5.82 Å². The van der Waals surface area contributed by atoms with E-state index in [0.29, 0.717) is 25.2 Å². The molecule has 3 rings (SSSR count). The molecule has 0 radical (unpaired) electrons. The Labute approximate surface area is 140 Å². The largest absolute Gasteiger partial charge is 0.395 e. The van der Waals surface area contributed by atoms with E-state index in [-0.39, 0.29) is 35.6 Å². The highest BCUT2D eigenvalue weighted by atomic mass is 32.2. The van der Waals surface area contributed by atoms with Crippen molar-refractivity contribution in [1.82, 2.24) is 9.80 Å². The molecule has 0 unspecified atom stereocenters. The Kier molecular flexibility index (Phi) is 4.63. The van der Waals surface area contributed by atoms with Crippen molar-refractivity contribution in [1.29, 1.82) is 0 Å². The molecule has 1 amide bonds. The lowest BCUT2D eigenvalue weighted by Crippen LogP contribution is -2.61. The standard InChI is InChI=1S/C16H21FN2O4S/c1-11-2-3-12(17)8-13(11)16(21)19-5-4-18(6-7-20)14-9-24(22,23)10-15(14)19/h2-3,8,14-15,20H,4-7,9-10H2,1H3/t14-,15+/m1/s1. The summed E-state index contributed by atoms with van der Waals surface area (Å²) in [5.41, 5.74) is 0.935. The SMILES string of the molecule is Cc1ccc(F)cc1C(=O)N1CCN(CCO)[C@@H]2CS(=O)(=O)C[C@@H]21. The van der Waals surface area contributed by atoms with Gasteiger partial charge in [0, 0.05) is 31.2 Å². The maximum absolute atomic E-state index is 13.5. The molecule has 0 bridgehead atoms. The van der Waals surface area contributed by atoms with E-state index < -0.39 is 21.7 Å². The van der Waals surface area contributed by atoms with Crippen molar-refractivity contribution in [3.05, 3.63) is 35.1 Å². The second-order valence-corrected chi connectivity index (χ2v) is 8.58. The highest BCUT2D eigenvalue weighted by molar-refractivity contribution is 7.91. The van der Waals surface area contributed by atoms with E-state index in [1.807, 2.05) is 4.90 Å². The van der Waals surface area contributed by atoms with E-state index in [1.54, 1.807) is 17.9 Å². The minimum atomic E-state index is -3.24. The molecule has 0 spiro atoms. The van der Waals surface area contributed by atoms with Gasteiger partial charge in [-0.25, -0.2) is 12.8 Å². The predicted molar refractivity (Wildman–Crippen MR) is 87.1 cm³/mol. The Morgan fingerprint density at radius 3 is 2.71 bits per heavy atom.